The predicted molar refractivity (Wildman–Crippen MR) is 144 cm³/mol. The fourth-order valence-electron chi connectivity index (χ4n) is 4.65. The van der Waals surface area contributed by atoms with Gasteiger partial charge in [-0.2, -0.15) is 0 Å². The minimum absolute atomic E-state index is 0.414. The highest BCUT2D eigenvalue weighted by atomic mass is 35.5. The van der Waals surface area contributed by atoms with Gasteiger partial charge < -0.3 is 0 Å². The SMILES string of the molecule is Cc1sc(Cl)cc1C1=C(c2cc(-c3ccc(C(=O)C(=O)c4ccccc4)cc3)sc2C)CCC1. The molecule has 0 aliphatic heterocycles. The van der Waals surface area contributed by atoms with Gasteiger partial charge in [0, 0.05) is 25.8 Å². The average molecular weight is 503 g/mol. The number of carbonyl (C=O) groups excluding carboxylic acids is 2. The first-order chi connectivity index (χ1) is 16.4. The molecule has 0 N–H and O–H groups in total. The van der Waals surface area contributed by atoms with Crippen LogP contribution in [0.5, 0.6) is 0 Å². The van der Waals surface area contributed by atoms with Crippen molar-refractivity contribution in [3.63, 3.8) is 0 Å². The second-order valence-electron chi connectivity index (χ2n) is 8.51. The Kier molecular flexibility index (Phi) is 6.39. The molecule has 0 saturated carbocycles. The molecule has 0 radical (unpaired) electrons. The van der Waals surface area contributed by atoms with Gasteiger partial charge in [0.25, 0.3) is 0 Å². The van der Waals surface area contributed by atoms with E-state index in [0.29, 0.717) is 11.1 Å². The summed E-state index contributed by atoms with van der Waals surface area (Å²) in [4.78, 5) is 28.9. The van der Waals surface area contributed by atoms with Gasteiger partial charge in [-0.1, -0.05) is 66.2 Å². The van der Waals surface area contributed by atoms with Crippen molar-refractivity contribution in [2.45, 2.75) is 33.1 Å². The molecule has 2 aromatic carbocycles. The van der Waals surface area contributed by atoms with Gasteiger partial charge in [0.1, 0.15) is 0 Å². The minimum Gasteiger partial charge on any atom is -0.285 e. The molecular weight excluding hydrogens is 480 g/mol. The van der Waals surface area contributed by atoms with Crippen LogP contribution < -0.4 is 0 Å². The van der Waals surface area contributed by atoms with Crippen LogP contribution in [0.15, 0.2) is 66.7 Å². The summed E-state index contributed by atoms with van der Waals surface area (Å²) >= 11 is 9.71. The zero-order valence-electron chi connectivity index (χ0n) is 19.0. The summed E-state index contributed by atoms with van der Waals surface area (Å²) in [6.07, 6.45) is 3.32. The maximum Gasteiger partial charge on any atom is 0.233 e. The summed E-state index contributed by atoms with van der Waals surface area (Å²) in [6, 6.07) is 20.5. The lowest BCUT2D eigenvalue weighted by Gasteiger charge is -2.07. The summed E-state index contributed by atoms with van der Waals surface area (Å²) in [6.45, 7) is 4.32. The second-order valence-corrected chi connectivity index (χ2v) is 11.7. The fraction of sp³-hybridized carbons (Fsp3) is 0.172. The van der Waals surface area contributed by atoms with E-state index < -0.39 is 11.6 Å². The molecule has 0 fully saturated rings. The van der Waals surface area contributed by atoms with Gasteiger partial charge in [-0.05, 0) is 73.1 Å². The number of halogens is 1. The van der Waals surface area contributed by atoms with Crippen LogP contribution in [-0.4, -0.2) is 11.6 Å². The molecule has 0 saturated heterocycles. The lowest BCUT2D eigenvalue weighted by Crippen LogP contribution is -2.14. The van der Waals surface area contributed by atoms with Crippen LogP contribution in [0.1, 0.15) is 60.9 Å². The van der Waals surface area contributed by atoms with Crippen LogP contribution in [0.2, 0.25) is 4.34 Å². The number of benzene rings is 2. The molecule has 2 aromatic heterocycles. The van der Waals surface area contributed by atoms with Crippen molar-refractivity contribution < 1.29 is 9.59 Å². The number of Topliss-reactive ketones (excluding diaryl/α,β-unsaturated/α-hetero) is 2. The van der Waals surface area contributed by atoms with Crippen LogP contribution in [0.4, 0.5) is 0 Å². The number of hydrogen-bond acceptors (Lipinski definition) is 4. The zero-order chi connectivity index (χ0) is 23.8. The van der Waals surface area contributed by atoms with E-state index in [1.807, 2.05) is 18.2 Å². The third kappa shape index (κ3) is 4.34. The first-order valence-corrected chi connectivity index (χ1v) is 13.3. The van der Waals surface area contributed by atoms with Crippen molar-refractivity contribution in [3.05, 3.63) is 103 Å². The highest BCUT2D eigenvalue weighted by Crippen LogP contribution is 2.46. The Morgan fingerprint density at radius 3 is 1.88 bits per heavy atom. The summed E-state index contributed by atoms with van der Waals surface area (Å²) < 4.78 is 0.842. The lowest BCUT2D eigenvalue weighted by atomic mass is 9.97. The second kappa shape index (κ2) is 9.46. The van der Waals surface area contributed by atoms with E-state index in [0.717, 1.165) is 29.2 Å². The van der Waals surface area contributed by atoms with Gasteiger partial charge >= 0.3 is 0 Å². The Morgan fingerprint density at radius 2 is 1.29 bits per heavy atom. The normalized spacial score (nSPS) is 13.5. The van der Waals surface area contributed by atoms with E-state index in [2.05, 4.69) is 26.0 Å². The molecule has 5 heteroatoms. The Bertz CT molecular complexity index is 1420. The summed E-state index contributed by atoms with van der Waals surface area (Å²) in [5.74, 6) is -0.960. The number of rotatable bonds is 6. The topological polar surface area (TPSA) is 34.1 Å². The summed E-state index contributed by atoms with van der Waals surface area (Å²) in [5.41, 5.74) is 7.34. The van der Waals surface area contributed by atoms with Gasteiger partial charge in [0.15, 0.2) is 0 Å². The average Bonchev–Trinajstić information content (AvgIpc) is 3.56. The number of thiophene rings is 2. The molecule has 5 rings (SSSR count). The number of carbonyl (C=O) groups is 2. The van der Waals surface area contributed by atoms with Crippen molar-refractivity contribution in [3.8, 4) is 10.4 Å². The molecule has 1 aliphatic carbocycles. The van der Waals surface area contributed by atoms with Gasteiger partial charge in [0.2, 0.25) is 11.6 Å². The molecule has 0 spiro atoms. The van der Waals surface area contributed by atoms with Gasteiger partial charge in [-0.25, -0.2) is 0 Å². The van der Waals surface area contributed by atoms with Crippen LogP contribution in [0.3, 0.4) is 0 Å². The molecular formula is C29H23ClO2S2. The Morgan fingerprint density at radius 1 is 0.735 bits per heavy atom. The van der Waals surface area contributed by atoms with E-state index in [4.69, 9.17) is 11.6 Å². The monoisotopic (exact) mass is 502 g/mol. The summed E-state index contributed by atoms with van der Waals surface area (Å²) in [7, 11) is 0. The van der Waals surface area contributed by atoms with Crippen molar-refractivity contribution in [2.24, 2.45) is 0 Å². The minimum atomic E-state index is -0.480. The van der Waals surface area contributed by atoms with Gasteiger partial charge in [-0.15, -0.1) is 22.7 Å². The van der Waals surface area contributed by atoms with E-state index in [-0.39, 0.29) is 0 Å². The molecule has 0 bridgehead atoms. The first kappa shape index (κ1) is 23.0. The molecule has 34 heavy (non-hydrogen) atoms. The maximum absolute atomic E-state index is 12.7. The standard InChI is InChI=1S/C29H23ClO2S2/c1-17-24(22-9-6-10-23(22)25-16-27(30)34-18(25)2)15-26(33-17)19-11-13-21(14-12-19)29(32)28(31)20-7-4-3-5-8-20/h3-5,7-8,11-16H,6,9-10H2,1-2H3. The predicted octanol–water partition coefficient (Wildman–Crippen LogP) is 8.91. The van der Waals surface area contributed by atoms with Crippen molar-refractivity contribution >= 4 is 57.0 Å². The molecule has 2 nitrogen and oxygen atoms in total. The van der Waals surface area contributed by atoms with Crippen LogP contribution in [-0.2, 0) is 0 Å². The Hall–Kier alpha value is -2.79. The maximum atomic E-state index is 12.7. The van der Waals surface area contributed by atoms with E-state index in [1.54, 1.807) is 59.1 Å². The highest BCUT2D eigenvalue weighted by Gasteiger charge is 2.23. The third-order valence-electron chi connectivity index (χ3n) is 6.35. The molecule has 2 heterocycles. The van der Waals surface area contributed by atoms with Gasteiger partial charge in [-0.3, -0.25) is 9.59 Å². The van der Waals surface area contributed by atoms with E-state index in [1.165, 1.54) is 36.9 Å². The summed E-state index contributed by atoms with van der Waals surface area (Å²) in [5, 5.41) is 0. The Labute approximate surface area is 212 Å². The molecule has 0 amide bonds. The zero-order valence-corrected chi connectivity index (χ0v) is 21.4. The largest absolute Gasteiger partial charge is 0.285 e. The molecule has 0 unspecified atom stereocenters. The number of allylic oxidation sites excluding steroid dienone is 2. The van der Waals surface area contributed by atoms with Crippen LogP contribution >= 0.6 is 34.3 Å². The Balaban J connectivity index is 1.43. The fourth-order valence-corrected chi connectivity index (χ4v) is 6.92. The van der Waals surface area contributed by atoms with E-state index in [9.17, 15) is 9.59 Å². The van der Waals surface area contributed by atoms with Crippen molar-refractivity contribution in [2.75, 3.05) is 0 Å². The molecule has 0 atom stereocenters. The van der Waals surface area contributed by atoms with E-state index >= 15 is 0 Å². The number of ketones is 2. The molecule has 1 aliphatic rings. The van der Waals surface area contributed by atoms with Crippen LogP contribution in [0, 0.1) is 13.8 Å². The lowest BCUT2D eigenvalue weighted by molar-refractivity contribution is 0.0817. The highest BCUT2D eigenvalue weighted by molar-refractivity contribution is 7.16. The molecule has 170 valence electrons. The number of hydrogen-bond donors (Lipinski definition) is 0. The number of aryl methyl sites for hydroxylation is 2. The first-order valence-electron chi connectivity index (χ1n) is 11.3. The smallest absolute Gasteiger partial charge is 0.233 e. The van der Waals surface area contributed by atoms with Crippen molar-refractivity contribution in [1.82, 2.24) is 0 Å². The third-order valence-corrected chi connectivity index (χ3v) is 8.63. The molecule has 4 aromatic rings. The quantitative estimate of drug-likeness (QED) is 0.195. The van der Waals surface area contributed by atoms with Crippen LogP contribution in [0.25, 0.3) is 21.6 Å². The van der Waals surface area contributed by atoms with Gasteiger partial charge in [0.05, 0.1) is 4.34 Å². The van der Waals surface area contributed by atoms with Crippen molar-refractivity contribution in [1.29, 1.82) is 0 Å².